The molecule has 0 spiro atoms. The molecule has 5 nitrogen and oxygen atoms in total. The van der Waals surface area contributed by atoms with Crippen LogP contribution < -0.4 is 10.2 Å². The first-order chi connectivity index (χ1) is 8.72. The highest BCUT2D eigenvalue weighted by molar-refractivity contribution is 6.01. The van der Waals surface area contributed by atoms with Crippen molar-refractivity contribution in [1.82, 2.24) is 10.3 Å². The van der Waals surface area contributed by atoms with Gasteiger partial charge in [-0.15, -0.1) is 0 Å². The van der Waals surface area contributed by atoms with E-state index in [2.05, 4.69) is 10.3 Å². The average molecular weight is 247 g/mol. The molecule has 96 valence electrons. The molecule has 1 aliphatic heterocycles. The van der Waals surface area contributed by atoms with Crippen LogP contribution in [0.1, 0.15) is 26.2 Å². The lowest BCUT2D eigenvalue weighted by molar-refractivity contribution is -0.125. The Labute approximate surface area is 106 Å². The van der Waals surface area contributed by atoms with E-state index < -0.39 is 6.04 Å². The minimum atomic E-state index is -0.412. The molecule has 5 heteroatoms. The molecule has 0 saturated carbocycles. The number of nitrogens with one attached hydrogen (secondary N) is 1. The Morgan fingerprint density at radius 2 is 2.33 bits per heavy atom. The largest absolute Gasteiger partial charge is 0.344 e. The van der Waals surface area contributed by atoms with E-state index in [4.69, 9.17) is 0 Å². The second kappa shape index (κ2) is 5.62. The van der Waals surface area contributed by atoms with Crippen molar-refractivity contribution >= 4 is 17.5 Å². The molecule has 1 aromatic heterocycles. The molecule has 0 radical (unpaired) electrons. The van der Waals surface area contributed by atoms with Crippen LogP contribution in [-0.4, -0.2) is 29.4 Å². The van der Waals surface area contributed by atoms with Gasteiger partial charge in [0.2, 0.25) is 11.8 Å². The van der Waals surface area contributed by atoms with Gasteiger partial charge >= 0.3 is 0 Å². The van der Waals surface area contributed by atoms with Crippen molar-refractivity contribution in [2.75, 3.05) is 11.4 Å². The molecule has 0 aromatic carbocycles. The predicted octanol–water partition coefficient (Wildman–Crippen LogP) is 1.10. The van der Waals surface area contributed by atoms with Gasteiger partial charge in [0.05, 0.1) is 11.9 Å². The third kappa shape index (κ3) is 2.67. The second-order valence-corrected chi connectivity index (χ2v) is 4.36. The van der Waals surface area contributed by atoms with Crippen LogP contribution in [0.25, 0.3) is 0 Å². The topological polar surface area (TPSA) is 62.3 Å². The maximum Gasteiger partial charge on any atom is 0.249 e. The van der Waals surface area contributed by atoms with E-state index >= 15 is 0 Å². The zero-order valence-electron chi connectivity index (χ0n) is 10.4. The fourth-order valence-electron chi connectivity index (χ4n) is 2.09. The Hall–Kier alpha value is -1.91. The molecule has 1 atom stereocenters. The lowest BCUT2D eigenvalue weighted by Crippen LogP contribution is -2.44. The average Bonchev–Trinajstić information content (AvgIpc) is 2.52. The fourth-order valence-corrected chi connectivity index (χ4v) is 2.09. The summed E-state index contributed by atoms with van der Waals surface area (Å²) >= 11 is 0. The summed E-state index contributed by atoms with van der Waals surface area (Å²) in [5, 5.41) is 2.78. The van der Waals surface area contributed by atoms with Crippen molar-refractivity contribution in [3.63, 3.8) is 0 Å². The number of amides is 2. The molecule has 1 fully saturated rings. The van der Waals surface area contributed by atoms with E-state index in [1.807, 2.05) is 13.0 Å². The van der Waals surface area contributed by atoms with Gasteiger partial charge in [0.15, 0.2) is 0 Å². The number of rotatable bonds is 3. The highest BCUT2D eigenvalue weighted by Crippen LogP contribution is 2.17. The molecule has 18 heavy (non-hydrogen) atoms. The SMILES string of the molecule is CCCC1NC(=O)CCN(c2cccnc2)C1=O. The summed E-state index contributed by atoms with van der Waals surface area (Å²) in [6, 6.07) is 3.21. The summed E-state index contributed by atoms with van der Waals surface area (Å²) in [6.45, 7) is 2.41. The number of anilines is 1. The van der Waals surface area contributed by atoms with Crippen LogP contribution in [0.5, 0.6) is 0 Å². The molecular formula is C13H17N3O2. The van der Waals surface area contributed by atoms with Crippen LogP contribution >= 0.6 is 0 Å². The molecule has 1 aromatic rings. The van der Waals surface area contributed by atoms with Crippen LogP contribution in [0, 0.1) is 0 Å². The second-order valence-electron chi connectivity index (χ2n) is 4.36. The van der Waals surface area contributed by atoms with E-state index in [1.165, 1.54) is 0 Å². The van der Waals surface area contributed by atoms with Gasteiger partial charge in [-0.25, -0.2) is 0 Å². The van der Waals surface area contributed by atoms with E-state index in [0.717, 1.165) is 12.1 Å². The minimum Gasteiger partial charge on any atom is -0.344 e. The first-order valence-electron chi connectivity index (χ1n) is 6.23. The van der Waals surface area contributed by atoms with Gasteiger partial charge in [-0.3, -0.25) is 14.6 Å². The number of aromatic nitrogens is 1. The van der Waals surface area contributed by atoms with Gasteiger partial charge in [-0.1, -0.05) is 13.3 Å². The first-order valence-corrected chi connectivity index (χ1v) is 6.23. The van der Waals surface area contributed by atoms with E-state index in [1.54, 1.807) is 23.4 Å². The third-order valence-electron chi connectivity index (χ3n) is 3.00. The lowest BCUT2D eigenvalue weighted by Gasteiger charge is -2.23. The predicted molar refractivity (Wildman–Crippen MR) is 68.0 cm³/mol. The van der Waals surface area contributed by atoms with Crippen molar-refractivity contribution in [1.29, 1.82) is 0 Å². The van der Waals surface area contributed by atoms with Crippen molar-refractivity contribution in [3.8, 4) is 0 Å². The van der Waals surface area contributed by atoms with Crippen molar-refractivity contribution in [3.05, 3.63) is 24.5 Å². The number of pyridine rings is 1. The van der Waals surface area contributed by atoms with Crippen molar-refractivity contribution < 1.29 is 9.59 Å². The summed E-state index contributed by atoms with van der Waals surface area (Å²) in [4.78, 5) is 29.6. The molecule has 1 aliphatic rings. The normalized spacial score (nSPS) is 20.5. The summed E-state index contributed by atoms with van der Waals surface area (Å²) in [7, 11) is 0. The molecule has 1 N–H and O–H groups in total. The van der Waals surface area contributed by atoms with Gasteiger partial charge in [-0.05, 0) is 18.6 Å². The number of nitrogens with zero attached hydrogens (tertiary/aromatic N) is 2. The zero-order valence-corrected chi connectivity index (χ0v) is 10.4. The summed E-state index contributed by atoms with van der Waals surface area (Å²) < 4.78 is 0. The van der Waals surface area contributed by atoms with Gasteiger partial charge in [0.1, 0.15) is 6.04 Å². The summed E-state index contributed by atoms with van der Waals surface area (Å²) in [6.07, 6.45) is 5.18. The molecular weight excluding hydrogens is 230 g/mol. The van der Waals surface area contributed by atoms with Crippen LogP contribution in [0.4, 0.5) is 5.69 Å². The molecule has 2 heterocycles. The Bertz CT molecular complexity index is 433. The molecule has 0 aliphatic carbocycles. The molecule has 1 unspecified atom stereocenters. The zero-order chi connectivity index (χ0) is 13.0. The van der Waals surface area contributed by atoms with E-state index in [9.17, 15) is 9.59 Å². The molecule has 2 amide bonds. The summed E-state index contributed by atoms with van der Waals surface area (Å²) in [5.41, 5.74) is 0.750. The Morgan fingerprint density at radius 3 is 3.00 bits per heavy atom. The maximum atomic E-state index is 12.4. The lowest BCUT2D eigenvalue weighted by atomic mass is 10.1. The van der Waals surface area contributed by atoms with Gasteiger partial charge in [0, 0.05) is 19.2 Å². The molecule has 2 rings (SSSR count). The summed E-state index contributed by atoms with van der Waals surface area (Å²) in [5.74, 6) is -0.108. The Morgan fingerprint density at radius 1 is 1.50 bits per heavy atom. The van der Waals surface area contributed by atoms with Crippen LogP contribution in [0.2, 0.25) is 0 Å². The minimum absolute atomic E-state index is 0.0456. The Kier molecular flexibility index (Phi) is 3.92. The third-order valence-corrected chi connectivity index (χ3v) is 3.00. The van der Waals surface area contributed by atoms with Gasteiger partial charge in [-0.2, -0.15) is 0 Å². The monoisotopic (exact) mass is 247 g/mol. The fraction of sp³-hybridized carbons (Fsp3) is 0.462. The number of carbonyl (C=O) groups is 2. The number of hydrogen-bond donors (Lipinski definition) is 1. The quantitative estimate of drug-likeness (QED) is 0.870. The number of carbonyl (C=O) groups excluding carboxylic acids is 2. The Balaban J connectivity index is 2.24. The number of hydrogen-bond acceptors (Lipinski definition) is 3. The van der Waals surface area contributed by atoms with Crippen LogP contribution in [-0.2, 0) is 9.59 Å². The van der Waals surface area contributed by atoms with Crippen LogP contribution in [0.15, 0.2) is 24.5 Å². The van der Waals surface area contributed by atoms with Crippen molar-refractivity contribution in [2.24, 2.45) is 0 Å². The van der Waals surface area contributed by atoms with E-state index in [0.29, 0.717) is 19.4 Å². The molecule has 1 saturated heterocycles. The highest BCUT2D eigenvalue weighted by atomic mass is 16.2. The standard InChI is InChI=1S/C13H17N3O2/c1-2-4-11-13(18)16(8-6-12(17)15-11)10-5-3-7-14-9-10/h3,5,7,9,11H,2,4,6,8H2,1H3,(H,15,17). The smallest absolute Gasteiger partial charge is 0.249 e. The molecule has 0 bridgehead atoms. The first kappa shape index (κ1) is 12.5. The van der Waals surface area contributed by atoms with E-state index in [-0.39, 0.29) is 11.8 Å². The van der Waals surface area contributed by atoms with Crippen molar-refractivity contribution in [2.45, 2.75) is 32.2 Å². The van der Waals surface area contributed by atoms with Gasteiger partial charge < -0.3 is 10.2 Å². The maximum absolute atomic E-state index is 12.4. The highest BCUT2D eigenvalue weighted by Gasteiger charge is 2.29. The van der Waals surface area contributed by atoms with Crippen LogP contribution in [0.3, 0.4) is 0 Å². The van der Waals surface area contributed by atoms with Gasteiger partial charge in [0.25, 0.3) is 0 Å².